The molecular weight excluding hydrogens is 446 g/mol. The standard InChI is InChI=1S/C25H35N7O3/c1-3-4-11-19-31-23-24(17-9-5-6-10-18(17)30-25(23)26)32(19)15-8-7-14-28-20(33)12-13-21(34)29-16-22(35)27-2/h5-6,9-10H,3-4,7-8,11-16H2,1-2H3,(H2,26,30)(H,27,35)(H,28,33)(H,29,34). The molecule has 188 valence electrons. The lowest BCUT2D eigenvalue weighted by Crippen LogP contribution is -2.35. The van der Waals surface area contributed by atoms with Crippen molar-refractivity contribution in [3.63, 3.8) is 0 Å². The lowest BCUT2D eigenvalue weighted by Gasteiger charge is -2.11. The number of para-hydroxylation sites is 1. The SMILES string of the molecule is CCCCc1nc2c(N)nc3ccccc3c2n1CCCCNC(=O)CCC(=O)NCC(=O)NC. The highest BCUT2D eigenvalue weighted by Gasteiger charge is 2.17. The van der Waals surface area contributed by atoms with Gasteiger partial charge in [0.2, 0.25) is 17.7 Å². The molecule has 3 rings (SSSR count). The largest absolute Gasteiger partial charge is 0.382 e. The summed E-state index contributed by atoms with van der Waals surface area (Å²) < 4.78 is 2.25. The molecule has 0 fully saturated rings. The Hall–Kier alpha value is -3.69. The Morgan fingerprint density at radius 2 is 1.71 bits per heavy atom. The number of nitrogens with one attached hydrogen (secondary N) is 3. The van der Waals surface area contributed by atoms with E-state index in [9.17, 15) is 14.4 Å². The molecule has 1 aromatic carbocycles. The number of nitrogens with two attached hydrogens (primary N) is 1. The number of hydrogen-bond donors (Lipinski definition) is 4. The maximum Gasteiger partial charge on any atom is 0.239 e. The van der Waals surface area contributed by atoms with Gasteiger partial charge < -0.3 is 26.3 Å². The third-order valence-electron chi connectivity index (χ3n) is 5.88. The Bertz CT molecular complexity index is 1190. The zero-order valence-electron chi connectivity index (χ0n) is 20.5. The monoisotopic (exact) mass is 481 g/mol. The van der Waals surface area contributed by atoms with Crippen LogP contribution < -0.4 is 21.7 Å². The molecule has 3 amide bonds. The Labute approximate surface area is 205 Å². The molecule has 0 unspecified atom stereocenters. The number of nitrogens with zero attached hydrogens (tertiary/aromatic N) is 3. The van der Waals surface area contributed by atoms with Gasteiger partial charge in [-0.25, -0.2) is 9.97 Å². The molecule has 0 aliphatic rings. The quantitative estimate of drug-likeness (QED) is 0.275. The molecule has 10 nitrogen and oxygen atoms in total. The van der Waals surface area contributed by atoms with Gasteiger partial charge in [0.1, 0.15) is 11.3 Å². The highest BCUT2D eigenvalue weighted by Crippen LogP contribution is 2.29. The number of carbonyl (C=O) groups excluding carboxylic acids is 3. The second-order valence-corrected chi connectivity index (χ2v) is 8.50. The van der Waals surface area contributed by atoms with Crippen LogP contribution in [0.25, 0.3) is 21.9 Å². The van der Waals surface area contributed by atoms with Gasteiger partial charge in [-0.3, -0.25) is 14.4 Å². The van der Waals surface area contributed by atoms with Crippen LogP contribution in [0.3, 0.4) is 0 Å². The minimum Gasteiger partial charge on any atom is -0.382 e. The summed E-state index contributed by atoms with van der Waals surface area (Å²) >= 11 is 0. The molecule has 2 aromatic heterocycles. The Kier molecular flexibility index (Phi) is 9.39. The summed E-state index contributed by atoms with van der Waals surface area (Å²) in [7, 11) is 1.50. The summed E-state index contributed by atoms with van der Waals surface area (Å²) in [5, 5.41) is 8.80. The lowest BCUT2D eigenvalue weighted by molar-refractivity contribution is -0.128. The smallest absolute Gasteiger partial charge is 0.239 e. The summed E-state index contributed by atoms with van der Waals surface area (Å²) in [6.07, 6.45) is 4.78. The molecule has 10 heteroatoms. The average Bonchev–Trinajstić information content (AvgIpc) is 3.23. The van der Waals surface area contributed by atoms with Crippen LogP contribution in [0.1, 0.15) is 51.3 Å². The zero-order valence-corrected chi connectivity index (χ0v) is 20.5. The fourth-order valence-electron chi connectivity index (χ4n) is 3.97. The molecule has 35 heavy (non-hydrogen) atoms. The first kappa shape index (κ1) is 25.9. The van der Waals surface area contributed by atoms with Crippen molar-refractivity contribution in [3.8, 4) is 0 Å². The van der Waals surface area contributed by atoms with E-state index in [1.54, 1.807) is 0 Å². The number of likely N-dealkylation sites (N-methyl/N-ethyl adjacent to an activating group) is 1. The lowest BCUT2D eigenvalue weighted by atomic mass is 10.1. The number of hydrogen-bond acceptors (Lipinski definition) is 6. The summed E-state index contributed by atoms with van der Waals surface area (Å²) in [4.78, 5) is 44.3. The summed E-state index contributed by atoms with van der Waals surface area (Å²) in [6, 6.07) is 7.96. The van der Waals surface area contributed by atoms with Gasteiger partial charge in [0.05, 0.1) is 17.6 Å². The zero-order chi connectivity index (χ0) is 25.2. The first-order valence-electron chi connectivity index (χ1n) is 12.2. The fourth-order valence-corrected chi connectivity index (χ4v) is 3.97. The van der Waals surface area contributed by atoms with Crippen LogP contribution in [0.15, 0.2) is 24.3 Å². The predicted molar refractivity (Wildman–Crippen MR) is 137 cm³/mol. The number of unbranched alkanes of at least 4 members (excludes halogenated alkanes) is 2. The second kappa shape index (κ2) is 12.7. The molecule has 2 heterocycles. The minimum atomic E-state index is -0.323. The van der Waals surface area contributed by atoms with E-state index in [4.69, 9.17) is 10.7 Å². The number of anilines is 1. The number of benzene rings is 1. The summed E-state index contributed by atoms with van der Waals surface area (Å²) in [6.45, 7) is 3.37. The van der Waals surface area contributed by atoms with Gasteiger partial charge in [0, 0.05) is 44.8 Å². The summed E-state index contributed by atoms with van der Waals surface area (Å²) in [5.41, 5.74) is 8.87. The molecule has 3 aromatic rings. The third kappa shape index (κ3) is 6.91. The van der Waals surface area contributed by atoms with Gasteiger partial charge in [-0.05, 0) is 25.3 Å². The molecular formula is C25H35N7O3. The van der Waals surface area contributed by atoms with E-state index < -0.39 is 0 Å². The van der Waals surface area contributed by atoms with E-state index in [1.807, 2.05) is 18.2 Å². The van der Waals surface area contributed by atoms with E-state index in [0.717, 1.165) is 66.4 Å². The van der Waals surface area contributed by atoms with Crippen LogP contribution in [0.4, 0.5) is 5.82 Å². The topological polar surface area (TPSA) is 144 Å². The van der Waals surface area contributed by atoms with Crippen molar-refractivity contribution in [2.24, 2.45) is 0 Å². The number of nitrogen functional groups attached to an aromatic ring is 1. The highest BCUT2D eigenvalue weighted by atomic mass is 16.2. The number of fused-ring (bicyclic) bond motifs is 3. The predicted octanol–water partition coefficient (Wildman–Crippen LogP) is 2.05. The molecule has 0 aliphatic heterocycles. The van der Waals surface area contributed by atoms with Crippen LogP contribution >= 0.6 is 0 Å². The number of imidazole rings is 1. The molecule has 0 saturated carbocycles. The molecule has 5 N–H and O–H groups in total. The third-order valence-corrected chi connectivity index (χ3v) is 5.88. The maximum absolute atomic E-state index is 12.1. The van der Waals surface area contributed by atoms with Crippen LogP contribution in [-0.4, -0.2) is 52.4 Å². The van der Waals surface area contributed by atoms with Crippen molar-refractivity contribution in [1.29, 1.82) is 0 Å². The van der Waals surface area contributed by atoms with Gasteiger partial charge >= 0.3 is 0 Å². The van der Waals surface area contributed by atoms with E-state index in [-0.39, 0.29) is 37.1 Å². The number of rotatable bonds is 13. The van der Waals surface area contributed by atoms with Gasteiger partial charge in [-0.2, -0.15) is 0 Å². The molecule has 0 atom stereocenters. The van der Waals surface area contributed by atoms with Gasteiger partial charge in [0.15, 0.2) is 5.82 Å². The van der Waals surface area contributed by atoms with Gasteiger partial charge in [-0.1, -0.05) is 31.5 Å². The minimum absolute atomic E-state index is 0.0488. The van der Waals surface area contributed by atoms with E-state index in [1.165, 1.54) is 7.05 Å². The molecule has 0 radical (unpaired) electrons. The van der Waals surface area contributed by atoms with Crippen molar-refractivity contribution in [1.82, 2.24) is 30.5 Å². The van der Waals surface area contributed by atoms with E-state index >= 15 is 0 Å². The Morgan fingerprint density at radius 3 is 2.46 bits per heavy atom. The van der Waals surface area contributed by atoms with Crippen LogP contribution in [-0.2, 0) is 27.3 Å². The number of pyridine rings is 1. The summed E-state index contributed by atoms with van der Waals surface area (Å²) in [5.74, 6) is 0.677. The van der Waals surface area contributed by atoms with Crippen LogP contribution in [0.2, 0.25) is 0 Å². The van der Waals surface area contributed by atoms with Crippen molar-refractivity contribution >= 4 is 45.5 Å². The van der Waals surface area contributed by atoms with Crippen molar-refractivity contribution in [2.45, 2.75) is 58.4 Å². The van der Waals surface area contributed by atoms with Crippen LogP contribution in [0.5, 0.6) is 0 Å². The van der Waals surface area contributed by atoms with Crippen molar-refractivity contribution in [3.05, 3.63) is 30.1 Å². The number of aryl methyl sites for hydroxylation is 2. The van der Waals surface area contributed by atoms with Gasteiger partial charge in [0.25, 0.3) is 0 Å². The number of amides is 3. The molecule has 0 spiro atoms. The number of aromatic nitrogens is 3. The first-order chi connectivity index (χ1) is 16.9. The Morgan fingerprint density at radius 1 is 0.971 bits per heavy atom. The Balaban J connectivity index is 1.55. The van der Waals surface area contributed by atoms with Crippen LogP contribution in [0, 0.1) is 0 Å². The van der Waals surface area contributed by atoms with Crippen molar-refractivity contribution < 1.29 is 14.4 Å². The van der Waals surface area contributed by atoms with Gasteiger partial charge in [-0.15, -0.1) is 0 Å². The average molecular weight is 482 g/mol. The highest BCUT2D eigenvalue weighted by molar-refractivity contribution is 6.06. The fraction of sp³-hybridized carbons (Fsp3) is 0.480. The second-order valence-electron chi connectivity index (χ2n) is 8.50. The van der Waals surface area contributed by atoms with E-state index in [0.29, 0.717) is 12.4 Å². The molecule has 0 aliphatic carbocycles. The maximum atomic E-state index is 12.1. The van der Waals surface area contributed by atoms with E-state index in [2.05, 4.69) is 38.5 Å². The normalized spacial score (nSPS) is 11.0. The molecule has 0 saturated heterocycles. The number of carbonyl (C=O) groups is 3. The van der Waals surface area contributed by atoms with Crippen molar-refractivity contribution in [2.75, 3.05) is 25.9 Å². The first-order valence-corrected chi connectivity index (χ1v) is 12.2. The molecule has 0 bridgehead atoms.